The van der Waals surface area contributed by atoms with Crippen LogP contribution in [0.2, 0.25) is 0 Å². The smallest absolute Gasteiger partial charge is 0.228 e. The number of halogens is 1. The molecule has 0 fully saturated rings. The minimum absolute atomic E-state index is 0. The molecule has 1 aliphatic heterocycles. The molecule has 0 radical (unpaired) electrons. The van der Waals surface area contributed by atoms with Crippen molar-refractivity contribution in [2.75, 3.05) is 10.6 Å². The van der Waals surface area contributed by atoms with Crippen LogP contribution in [0.4, 0.5) is 17.2 Å². The van der Waals surface area contributed by atoms with Crippen LogP contribution in [0, 0.1) is 0 Å². The van der Waals surface area contributed by atoms with Crippen LogP contribution in [0.1, 0.15) is 5.56 Å². The quantitative estimate of drug-likeness (QED) is 0.760. The van der Waals surface area contributed by atoms with E-state index in [1.807, 2.05) is 30.3 Å². The van der Waals surface area contributed by atoms with E-state index >= 15 is 0 Å². The lowest BCUT2D eigenvalue weighted by atomic mass is 10.1. The van der Waals surface area contributed by atoms with Gasteiger partial charge in [0.05, 0.1) is 11.8 Å². The van der Waals surface area contributed by atoms with Gasteiger partial charge in [0.15, 0.2) is 5.65 Å². The number of pyridine rings is 1. The first-order chi connectivity index (χ1) is 10.3. The van der Waals surface area contributed by atoms with Crippen LogP contribution >= 0.6 is 12.4 Å². The molecule has 3 aromatic rings. The number of fused-ring (bicyclic) bond motifs is 2. The predicted octanol–water partition coefficient (Wildman–Crippen LogP) is 2.68. The zero-order chi connectivity index (χ0) is 14.2. The summed E-state index contributed by atoms with van der Waals surface area (Å²) in [4.78, 5) is 24.0. The van der Waals surface area contributed by atoms with Crippen molar-refractivity contribution in [2.24, 2.45) is 0 Å². The van der Waals surface area contributed by atoms with E-state index in [0.717, 1.165) is 22.3 Å². The second-order valence-corrected chi connectivity index (χ2v) is 4.82. The Hall–Kier alpha value is -2.73. The molecule has 3 heterocycles. The first-order valence-electron chi connectivity index (χ1n) is 6.55. The van der Waals surface area contributed by atoms with E-state index in [1.165, 1.54) is 6.33 Å². The van der Waals surface area contributed by atoms with E-state index in [4.69, 9.17) is 0 Å². The molecule has 4 rings (SSSR count). The van der Waals surface area contributed by atoms with Crippen molar-refractivity contribution < 1.29 is 4.79 Å². The Morgan fingerprint density at radius 1 is 1.14 bits per heavy atom. The summed E-state index contributed by atoms with van der Waals surface area (Å²) >= 11 is 0. The molecule has 0 spiro atoms. The number of amides is 1. The molecule has 7 heteroatoms. The summed E-state index contributed by atoms with van der Waals surface area (Å²) in [5, 5.41) is 6.93. The number of hydrogen-bond acceptors (Lipinski definition) is 5. The van der Waals surface area contributed by atoms with Crippen molar-refractivity contribution in [2.45, 2.75) is 6.42 Å². The van der Waals surface area contributed by atoms with Gasteiger partial charge in [-0.2, -0.15) is 0 Å². The first kappa shape index (κ1) is 14.2. The van der Waals surface area contributed by atoms with Gasteiger partial charge in [-0.1, -0.05) is 0 Å². The molecule has 2 aromatic heterocycles. The largest absolute Gasteiger partial charge is 0.340 e. The van der Waals surface area contributed by atoms with Gasteiger partial charge in [-0.3, -0.25) is 4.79 Å². The monoisotopic (exact) mass is 313 g/mol. The summed E-state index contributed by atoms with van der Waals surface area (Å²) in [6.45, 7) is 0. The Kier molecular flexibility index (Phi) is 3.60. The van der Waals surface area contributed by atoms with Crippen molar-refractivity contribution >= 4 is 46.5 Å². The molecule has 0 aliphatic carbocycles. The zero-order valence-corrected chi connectivity index (χ0v) is 12.2. The molecule has 0 unspecified atom stereocenters. The van der Waals surface area contributed by atoms with Gasteiger partial charge in [-0.05, 0) is 35.9 Å². The number of nitrogens with zero attached hydrogens (tertiary/aromatic N) is 3. The first-order valence-corrected chi connectivity index (χ1v) is 6.55. The highest BCUT2D eigenvalue weighted by atomic mass is 35.5. The van der Waals surface area contributed by atoms with Crippen LogP contribution < -0.4 is 10.6 Å². The zero-order valence-electron chi connectivity index (χ0n) is 11.4. The van der Waals surface area contributed by atoms with Crippen molar-refractivity contribution in [1.82, 2.24) is 15.0 Å². The Bertz CT molecular complexity index is 862. The lowest BCUT2D eigenvalue weighted by Crippen LogP contribution is -2.03. The summed E-state index contributed by atoms with van der Waals surface area (Å²) in [5.41, 5.74) is 3.39. The van der Waals surface area contributed by atoms with E-state index in [-0.39, 0.29) is 18.3 Å². The highest BCUT2D eigenvalue weighted by molar-refractivity contribution is 5.99. The van der Waals surface area contributed by atoms with E-state index in [0.29, 0.717) is 17.9 Å². The van der Waals surface area contributed by atoms with Crippen LogP contribution in [0.15, 0.2) is 42.9 Å². The van der Waals surface area contributed by atoms with E-state index in [9.17, 15) is 4.79 Å². The van der Waals surface area contributed by atoms with Crippen LogP contribution in [-0.4, -0.2) is 20.9 Å². The summed E-state index contributed by atoms with van der Waals surface area (Å²) in [6, 6.07) is 9.53. The van der Waals surface area contributed by atoms with Crippen LogP contribution in [0.3, 0.4) is 0 Å². The normalized spacial score (nSPS) is 12.5. The number of carbonyl (C=O) groups is 1. The van der Waals surface area contributed by atoms with Crippen molar-refractivity contribution in [3.05, 3.63) is 48.4 Å². The third-order valence-corrected chi connectivity index (χ3v) is 3.40. The van der Waals surface area contributed by atoms with Crippen molar-refractivity contribution in [1.29, 1.82) is 0 Å². The van der Waals surface area contributed by atoms with Gasteiger partial charge in [-0.25, -0.2) is 15.0 Å². The van der Waals surface area contributed by atoms with E-state index in [1.54, 1.807) is 6.20 Å². The van der Waals surface area contributed by atoms with Gasteiger partial charge in [-0.15, -0.1) is 12.4 Å². The highest BCUT2D eigenvalue weighted by Gasteiger charge is 2.17. The number of aromatic nitrogens is 3. The molecule has 22 heavy (non-hydrogen) atoms. The molecule has 0 bridgehead atoms. The van der Waals surface area contributed by atoms with Gasteiger partial charge < -0.3 is 10.6 Å². The third kappa shape index (κ3) is 2.44. The average Bonchev–Trinajstić information content (AvgIpc) is 2.87. The average molecular weight is 314 g/mol. The Morgan fingerprint density at radius 2 is 2.05 bits per heavy atom. The fourth-order valence-corrected chi connectivity index (χ4v) is 2.44. The summed E-state index contributed by atoms with van der Waals surface area (Å²) in [6.07, 6.45) is 3.60. The predicted molar refractivity (Wildman–Crippen MR) is 86.6 cm³/mol. The molecule has 0 saturated heterocycles. The summed E-state index contributed by atoms with van der Waals surface area (Å²) in [5.74, 6) is 0.726. The number of hydrogen-bond donors (Lipinski definition) is 2. The molecule has 0 saturated carbocycles. The number of nitrogens with one attached hydrogen (secondary N) is 2. The molecule has 6 nitrogen and oxygen atoms in total. The standard InChI is InChI=1S/C15H11N5O.ClH/c21-13-7-9-6-10(3-4-12(9)20-13)19-15-11-2-1-5-16-14(11)17-8-18-15;/h1-6,8H,7H2,(H,20,21)(H,16,17,18,19);1H. The molecule has 2 N–H and O–H groups in total. The number of carbonyl (C=O) groups excluding carboxylic acids is 1. The Morgan fingerprint density at radius 3 is 2.95 bits per heavy atom. The number of anilines is 3. The van der Waals surface area contributed by atoms with Crippen LogP contribution in [0.5, 0.6) is 0 Å². The minimum atomic E-state index is 0. The Labute approximate surface area is 132 Å². The maximum atomic E-state index is 11.4. The van der Waals surface area contributed by atoms with Gasteiger partial charge >= 0.3 is 0 Å². The van der Waals surface area contributed by atoms with Crippen LogP contribution in [0.25, 0.3) is 11.0 Å². The van der Waals surface area contributed by atoms with Gasteiger partial charge in [0.25, 0.3) is 0 Å². The fourth-order valence-electron chi connectivity index (χ4n) is 2.44. The topological polar surface area (TPSA) is 79.8 Å². The molecule has 1 aromatic carbocycles. The highest BCUT2D eigenvalue weighted by Crippen LogP contribution is 2.28. The molecular weight excluding hydrogens is 302 g/mol. The van der Waals surface area contributed by atoms with Gasteiger partial charge in [0, 0.05) is 17.6 Å². The molecule has 1 aliphatic rings. The van der Waals surface area contributed by atoms with E-state index < -0.39 is 0 Å². The van der Waals surface area contributed by atoms with Crippen molar-refractivity contribution in [3.8, 4) is 0 Å². The number of rotatable bonds is 2. The lowest BCUT2D eigenvalue weighted by Gasteiger charge is -2.09. The maximum Gasteiger partial charge on any atom is 0.228 e. The Balaban J connectivity index is 0.00000144. The van der Waals surface area contributed by atoms with Gasteiger partial charge in [0.2, 0.25) is 5.91 Å². The molecule has 1 amide bonds. The van der Waals surface area contributed by atoms with E-state index in [2.05, 4.69) is 25.6 Å². The fraction of sp³-hybridized carbons (Fsp3) is 0.0667. The minimum Gasteiger partial charge on any atom is -0.340 e. The summed E-state index contributed by atoms with van der Waals surface area (Å²) in [7, 11) is 0. The summed E-state index contributed by atoms with van der Waals surface area (Å²) < 4.78 is 0. The van der Waals surface area contributed by atoms with Gasteiger partial charge in [0.1, 0.15) is 12.1 Å². The molecule has 110 valence electrons. The SMILES string of the molecule is Cl.O=C1Cc2cc(Nc3ncnc4ncccc34)ccc2N1. The van der Waals surface area contributed by atoms with Crippen molar-refractivity contribution in [3.63, 3.8) is 0 Å². The second kappa shape index (κ2) is 5.57. The van der Waals surface area contributed by atoms with Crippen LogP contribution in [-0.2, 0) is 11.2 Å². The molecular formula is C15H12ClN5O. The molecule has 0 atom stereocenters. The third-order valence-electron chi connectivity index (χ3n) is 3.40. The lowest BCUT2D eigenvalue weighted by molar-refractivity contribution is -0.115. The maximum absolute atomic E-state index is 11.4. The number of benzene rings is 1. The second-order valence-electron chi connectivity index (χ2n) is 4.82.